The van der Waals surface area contributed by atoms with Crippen molar-refractivity contribution >= 4 is 11.9 Å². The van der Waals surface area contributed by atoms with Gasteiger partial charge in [0.15, 0.2) is 0 Å². The number of rotatable bonds is 0. The lowest BCUT2D eigenvalue weighted by atomic mass is 10.9. The van der Waals surface area contributed by atoms with Gasteiger partial charge in [0.05, 0.1) is 0 Å². The number of hydrogen-bond donors (Lipinski definition) is 2. The Kier molecular flexibility index (Phi) is 36.4. The third-order valence-electron chi connectivity index (χ3n) is 0. The van der Waals surface area contributed by atoms with Crippen LogP contribution in [0.25, 0.3) is 0 Å². The van der Waals surface area contributed by atoms with E-state index >= 15 is 0 Å². The van der Waals surface area contributed by atoms with Gasteiger partial charge in [0.2, 0.25) is 0 Å². The van der Waals surface area contributed by atoms with Crippen molar-refractivity contribution in [2.24, 2.45) is 0 Å². The molecule has 0 rings (SSSR count). The van der Waals surface area contributed by atoms with Crippen molar-refractivity contribution in [1.82, 2.24) is 0 Å². The average Bonchev–Trinajstić information content (AvgIpc) is 1.25. The van der Waals surface area contributed by atoms with E-state index in [4.69, 9.17) is 19.8 Å². The Morgan fingerprint density at radius 1 is 0.900 bits per heavy atom. The van der Waals surface area contributed by atoms with Crippen LogP contribution in [0.5, 0.6) is 0 Å². The second-order valence-electron chi connectivity index (χ2n) is 1.04. The van der Waals surface area contributed by atoms with Crippen LogP contribution < -0.4 is 0 Å². The van der Waals surface area contributed by atoms with Gasteiger partial charge >= 0.3 is 0 Å². The number of carbonyl (C=O) groups is 2. The molecule has 6 heteroatoms. The molecule has 4 nitrogen and oxygen atoms in total. The van der Waals surface area contributed by atoms with Crippen molar-refractivity contribution in [3.63, 3.8) is 0 Å². The average molecular weight is 160 g/mol. The number of halogens is 2. The molecule has 64 valence electrons. The molecule has 2 N–H and O–H groups in total. The molecule has 0 unspecified atom stereocenters. The van der Waals surface area contributed by atoms with E-state index in [9.17, 15) is 0 Å². The summed E-state index contributed by atoms with van der Waals surface area (Å²) in [6.45, 7) is 2.17. The van der Waals surface area contributed by atoms with E-state index in [1.165, 1.54) is 0 Å². The van der Waals surface area contributed by atoms with Crippen LogP contribution in [0.2, 0.25) is 0 Å². The smallest absolute Gasteiger partial charge is 0.300 e. The summed E-state index contributed by atoms with van der Waals surface area (Å²) in [4.78, 5) is 18.0. The monoisotopic (exact) mass is 160 g/mol. The summed E-state index contributed by atoms with van der Waals surface area (Å²) in [6.07, 6.45) is 0. The first-order valence-corrected chi connectivity index (χ1v) is 1.86. The van der Waals surface area contributed by atoms with Crippen LogP contribution in [-0.2, 0) is 9.59 Å². The predicted molar refractivity (Wildman–Crippen MR) is 31.6 cm³/mol. The molecule has 0 atom stereocenters. The molecule has 0 aromatic carbocycles. The first-order chi connectivity index (χ1) is 3.46. The lowest BCUT2D eigenvalue weighted by Gasteiger charge is -1.59. The van der Waals surface area contributed by atoms with Crippen molar-refractivity contribution in [3.05, 3.63) is 0 Å². The Balaban J connectivity index is -0.0000000300. The SMILES string of the molecule is CC(=O)O.CC(=O)O.F.F. The number of carboxylic acids is 2. The van der Waals surface area contributed by atoms with Crippen molar-refractivity contribution in [3.8, 4) is 0 Å². The highest BCUT2D eigenvalue weighted by molar-refractivity contribution is 5.63. The Morgan fingerprint density at radius 3 is 0.900 bits per heavy atom. The van der Waals surface area contributed by atoms with Gasteiger partial charge < -0.3 is 10.2 Å². The molecule has 0 fully saturated rings. The van der Waals surface area contributed by atoms with Gasteiger partial charge in [-0.1, -0.05) is 0 Å². The highest BCUT2D eigenvalue weighted by Gasteiger charge is 1.65. The van der Waals surface area contributed by atoms with E-state index in [1.807, 2.05) is 0 Å². The molecule has 10 heavy (non-hydrogen) atoms. The maximum absolute atomic E-state index is 9.00. The zero-order valence-corrected chi connectivity index (χ0v) is 5.53. The number of carboxylic acid groups (broad SMARTS) is 2. The Morgan fingerprint density at radius 2 is 0.900 bits per heavy atom. The van der Waals surface area contributed by atoms with Crippen molar-refractivity contribution in [2.75, 3.05) is 0 Å². The molecule has 0 radical (unpaired) electrons. The second-order valence-corrected chi connectivity index (χ2v) is 1.04. The molecule has 0 aromatic heterocycles. The first kappa shape index (κ1) is 23.2. The Bertz CT molecular complexity index is 73.3. The van der Waals surface area contributed by atoms with E-state index in [0.29, 0.717) is 0 Å². The molecule has 0 aliphatic heterocycles. The van der Waals surface area contributed by atoms with Gasteiger partial charge in [-0.3, -0.25) is 19.0 Å². The fourth-order valence-corrected chi connectivity index (χ4v) is 0. The summed E-state index contributed by atoms with van der Waals surface area (Å²) in [5.74, 6) is -1.67. The molecule has 0 saturated heterocycles. The topological polar surface area (TPSA) is 74.6 Å². The van der Waals surface area contributed by atoms with Crippen LogP contribution in [-0.4, -0.2) is 22.2 Å². The summed E-state index contributed by atoms with van der Waals surface area (Å²) in [5.41, 5.74) is 0. The van der Waals surface area contributed by atoms with Crippen molar-refractivity contribution in [1.29, 1.82) is 0 Å². The minimum Gasteiger partial charge on any atom is -0.481 e. The molecule has 0 heterocycles. The van der Waals surface area contributed by atoms with Gasteiger partial charge in [0.1, 0.15) is 0 Å². The molecule has 0 aliphatic rings. The maximum atomic E-state index is 9.00. The quantitative estimate of drug-likeness (QED) is 0.540. The van der Waals surface area contributed by atoms with E-state index in [-0.39, 0.29) is 9.41 Å². The molecule has 0 bridgehead atoms. The number of aliphatic carboxylic acids is 2. The predicted octanol–water partition coefficient (Wildman–Crippen LogP) is 0.487. The van der Waals surface area contributed by atoms with Crippen LogP contribution in [0.3, 0.4) is 0 Å². The van der Waals surface area contributed by atoms with Gasteiger partial charge in [0, 0.05) is 13.8 Å². The maximum Gasteiger partial charge on any atom is 0.300 e. The molecule has 0 amide bonds. The molecular formula is C4H10F2O4. The zero-order valence-electron chi connectivity index (χ0n) is 5.53. The molecule has 0 saturated carbocycles. The largest absolute Gasteiger partial charge is 0.481 e. The standard InChI is InChI=1S/2C2H4O2.2FH/c2*1-2(3)4;;/h2*1H3,(H,3,4);2*1H. The van der Waals surface area contributed by atoms with Crippen molar-refractivity contribution in [2.45, 2.75) is 13.8 Å². The van der Waals surface area contributed by atoms with Crippen LogP contribution in [0, 0.1) is 0 Å². The van der Waals surface area contributed by atoms with Gasteiger partial charge in [0.25, 0.3) is 11.9 Å². The molecule has 0 spiro atoms. The number of hydrogen-bond acceptors (Lipinski definition) is 2. The minimum atomic E-state index is -0.833. The van der Waals surface area contributed by atoms with E-state index < -0.39 is 11.9 Å². The normalized spacial score (nSPS) is 5.00. The molecule has 0 aromatic rings. The lowest BCUT2D eigenvalue weighted by molar-refractivity contribution is -0.135. The summed E-state index contributed by atoms with van der Waals surface area (Å²) in [7, 11) is 0. The van der Waals surface area contributed by atoms with E-state index in [0.717, 1.165) is 13.8 Å². The van der Waals surface area contributed by atoms with E-state index in [1.54, 1.807) is 0 Å². The van der Waals surface area contributed by atoms with Crippen LogP contribution >= 0.6 is 0 Å². The van der Waals surface area contributed by atoms with Crippen LogP contribution in [0.1, 0.15) is 13.8 Å². The summed E-state index contributed by atoms with van der Waals surface area (Å²) in [6, 6.07) is 0. The van der Waals surface area contributed by atoms with Gasteiger partial charge in [-0.05, 0) is 0 Å². The van der Waals surface area contributed by atoms with Gasteiger partial charge in [-0.15, -0.1) is 0 Å². The fraction of sp³-hybridized carbons (Fsp3) is 0.500. The molecular weight excluding hydrogens is 150 g/mol. The fourth-order valence-electron chi connectivity index (χ4n) is 0. The second kappa shape index (κ2) is 15.7. The summed E-state index contributed by atoms with van der Waals surface area (Å²) in [5, 5.41) is 14.8. The Labute approximate surface area is 56.2 Å². The van der Waals surface area contributed by atoms with Gasteiger partial charge in [-0.2, -0.15) is 0 Å². The third kappa shape index (κ3) is 159. The Hall–Kier alpha value is -1.20. The minimum absolute atomic E-state index is 0. The lowest BCUT2D eigenvalue weighted by Crippen LogP contribution is -1.78. The molecule has 0 aliphatic carbocycles. The highest BCUT2D eigenvalue weighted by atomic mass is 19.0. The zero-order chi connectivity index (χ0) is 7.15. The van der Waals surface area contributed by atoms with Crippen molar-refractivity contribution < 1.29 is 29.2 Å². The van der Waals surface area contributed by atoms with Crippen LogP contribution in [0.4, 0.5) is 9.41 Å². The van der Waals surface area contributed by atoms with Crippen LogP contribution in [0.15, 0.2) is 0 Å². The van der Waals surface area contributed by atoms with Gasteiger partial charge in [-0.25, -0.2) is 0 Å². The van der Waals surface area contributed by atoms with E-state index in [2.05, 4.69) is 0 Å². The highest BCUT2D eigenvalue weighted by Crippen LogP contribution is 1.42. The summed E-state index contributed by atoms with van der Waals surface area (Å²) >= 11 is 0. The summed E-state index contributed by atoms with van der Waals surface area (Å²) < 4.78 is 0. The third-order valence-corrected chi connectivity index (χ3v) is 0. The first-order valence-electron chi connectivity index (χ1n) is 1.86.